The van der Waals surface area contributed by atoms with E-state index in [9.17, 15) is 0 Å². The molecule has 84 valence electrons. The Morgan fingerprint density at radius 3 is 3.25 bits per heavy atom. The van der Waals surface area contributed by atoms with Gasteiger partial charge in [0.25, 0.3) is 0 Å². The number of thiazole rings is 1. The maximum atomic E-state index is 4.62. The van der Waals surface area contributed by atoms with Crippen molar-refractivity contribution in [1.82, 2.24) is 15.3 Å². The summed E-state index contributed by atoms with van der Waals surface area (Å²) in [6.45, 7) is 3.28. The molecule has 4 heteroatoms. The van der Waals surface area contributed by atoms with E-state index in [0.29, 0.717) is 6.04 Å². The molecule has 0 amide bonds. The van der Waals surface area contributed by atoms with Gasteiger partial charge in [-0.05, 0) is 37.4 Å². The quantitative estimate of drug-likeness (QED) is 0.866. The number of hydrogen-bond donors (Lipinski definition) is 1. The van der Waals surface area contributed by atoms with Gasteiger partial charge in [-0.25, -0.2) is 9.97 Å². The highest BCUT2D eigenvalue weighted by molar-refractivity contribution is 7.18. The van der Waals surface area contributed by atoms with Gasteiger partial charge < -0.3 is 5.32 Å². The fourth-order valence-electron chi connectivity index (χ4n) is 2.11. The van der Waals surface area contributed by atoms with Gasteiger partial charge in [-0.3, -0.25) is 0 Å². The number of pyridine rings is 1. The highest BCUT2D eigenvalue weighted by Crippen LogP contribution is 2.30. The largest absolute Gasteiger partial charge is 0.308 e. The lowest BCUT2D eigenvalue weighted by molar-refractivity contribution is 0.644. The average molecular weight is 233 g/mol. The second kappa shape index (κ2) is 4.11. The molecule has 3 rings (SSSR count). The third-order valence-electron chi connectivity index (χ3n) is 3.09. The number of fused-ring (bicyclic) bond motifs is 1. The van der Waals surface area contributed by atoms with Crippen molar-refractivity contribution in [2.45, 2.75) is 32.2 Å². The molecule has 1 unspecified atom stereocenters. The fourth-order valence-corrected chi connectivity index (χ4v) is 3.22. The third kappa shape index (κ3) is 1.72. The highest BCUT2D eigenvalue weighted by atomic mass is 32.1. The summed E-state index contributed by atoms with van der Waals surface area (Å²) in [5, 5.41) is 4.68. The predicted molar refractivity (Wildman–Crippen MR) is 66.8 cm³/mol. The molecule has 16 heavy (non-hydrogen) atoms. The van der Waals surface area contributed by atoms with E-state index in [1.165, 1.54) is 28.1 Å². The molecule has 1 aliphatic rings. The summed E-state index contributed by atoms with van der Waals surface area (Å²) in [5.41, 5.74) is 2.20. The van der Waals surface area contributed by atoms with Gasteiger partial charge in [0.1, 0.15) is 5.01 Å². The van der Waals surface area contributed by atoms with E-state index in [-0.39, 0.29) is 0 Å². The Kier molecular flexibility index (Phi) is 2.61. The van der Waals surface area contributed by atoms with Crippen LogP contribution in [-0.2, 0) is 6.42 Å². The Morgan fingerprint density at radius 2 is 2.50 bits per heavy atom. The van der Waals surface area contributed by atoms with E-state index in [1.807, 2.05) is 6.20 Å². The molecular formula is C12H15N3S. The Bertz CT molecular complexity index is 500. The zero-order valence-electron chi connectivity index (χ0n) is 9.36. The molecule has 0 radical (unpaired) electrons. The molecule has 0 bridgehead atoms. The van der Waals surface area contributed by atoms with Crippen molar-refractivity contribution in [2.75, 3.05) is 6.54 Å². The first-order valence-electron chi connectivity index (χ1n) is 5.85. The SMILES string of the molecule is CCc1cnc2nc(C3CCCN3)sc2c1. The Hall–Kier alpha value is -1.00. The van der Waals surface area contributed by atoms with Gasteiger partial charge in [-0.2, -0.15) is 0 Å². The predicted octanol–water partition coefficient (Wildman–Crippen LogP) is 2.68. The second-order valence-corrected chi connectivity index (χ2v) is 5.28. The van der Waals surface area contributed by atoms with Gasteiger partial charge in [0.05, 0.1) is 10.7 Å². The number of hydrogen-bond acceptors (Lipinski definition) is 4. The van der Waals surface area contributed by atoms with E-state index < -0.39 is 0 Å². The highest BCUT2D eigenvalue weighted by Gasteiger charge is 2.20. The van der Waals surface area contributed by atoms with Crippen molar-refractivity contribution in [3.05, 3.63) is 22.8 Å². The smallest absolute Gasteiger partial charge is 0.170 e. The number of rotatable bonds is 2. The summed E-state index contributed by atoms with van der Waals surface area (Å²) < 4.78 is 1.23. The average Bonchev–Trinajstić information content (AvgIpc) is 2.96. The standard InChI is InChI=1S/C12H15N3S/c1-2-8-6-10-11(14-7-8)15-12(16-10)9-4-3-5-13-9/h6-7,9,13H,2-5H2,1H3. The molecule has 3 heterocycles. The summed E-state index contributed by atoms with van der Waals surface area (Å²) in [6, 6.07) is 2.68. The molecule has 2 aromatic heterocycles. The van der Waals surface area contributed by atoms with Gasteiger partial charge in [0.2, 0.25) is 0 Å². The van der Waals surface area contributed by atoms with E-state index in [1.54, 1.807) is 11.3 Å². The first kappa shape index (κ1) is 10.2. The summed E-state index contributed by atoms with van der Waals surface area (Å²) in [4.78, 5) is 9.03. The number of aryl methyl sites for hydroxylation is 1. The zero-order chi connectivity index (χ0) is 11.0. The van der Waals surface area contributed by atoms with Crippen molar-refractivity contribution in [1.29, 1.82) is 0 Å². The van der Waals surface area contributed by atoms with Gasteiger partial charge >= 0.3 is 0 Å². The number of nitrogens with zero attached hydrogens (tertiary/aromatic N) is 2. The molecule has 0 aromatic carbocycles. The second-order valence-electron chi connectivity index (χ2n) is 4.22. The minimum Gasteiger partial charge on any atom is -0.308 e. The summed E-state index contributed by atoms with van der Waals surface area (Å²) >= 11 is 1.79. The van der Waals surface area contributed by atoms with Crippen molar-refractivity contribution >= 4 is 21.7 Å². The summed E-state index contributed by atoms with van der Waals surface area (Å²) in [6.07, 6.45) is 5.44. The minimum atomic E-state index is 0.462. The maximum absolute atomic E-state index is 4.62. The van der Waals surface area contributed by atoms with Crippen LogP contribution in [0.25, 0.3) is 10.3 Å². The third-order valence-corrected chi connectivity index (χ3v) is 4.19. The lowest BCUT2D eigenvalue weighted by Crippen LogP contribution is -2.12. The Balaban J connectivity index is 2.01. The summed E-state index contributed by atoms with van der Waals surface area (Å²) in [7, 11) is 0. The van der Waals surface area contributed by atoms with Crippen LogP contribution in [0.1, 0.15) is 36.4 Å². The first-order valence-corrected chi connectivity index (χ1v) is 6.67. The molecule has 1 aliphatic heterocycles. The molecule has 0 saturated carbocycles. The number of aromatic nitrogens is 2. The normalized spacial score (nSPS) is 20.7. The maximum Gasteiger partial charge on any atom is 0.170 e. The van der Waals surface area contributed by atoms with Crippen LogP contribution < -0.4 is 5.32 Å². The monoisotopic (exact) mass is 233 g/mol. The van der Waals surface area contributed by atoms with Crippen LogP contribution in [0.5, 0.6) is 0 Å². The number of nitrogens with one attached hydrogen (secondary N) is 1. The van der Waals surface area contributed by atoms with Gasteiger partial charge in [0.15, 0.2) is 5.65 Å². The first-order chi connectivity index (χ1) is 7.86. The van der Waals surface area contributed by atoms with Gasteiger partial charge in [0, 0.05) is 6.20 Å². The minimum absolute atomic E-state index is 0.462. The van der Waals surface area contributed by atoms with Gasteiger partial charge in [-0.15, -0.1) is 11.3 Å². The van der Waals surface area contributed by atoms with E-state index in [2.05, 4.69) is 28.3 Å². The lowest BCUT2D eigenvalue weighted by Gasteiger charge is -2.03. The molecule has 0 aliphatic carbocycles. The van der Waals surface area contributed by atoms with Crippen LogP contribution in [0.4, 0.5) is 0 Å². The van der Waals surface area contributed by atoms with Crippen LogP contribution in [0.3, 0.4) is 0 Å². The van der Waals surface area contributed by atoms with Crippen molar-refractivity contribution in [3.8, 4) is 0 Å². The Labute approximate surface area is 98.9 Å². The molecule has 3 nitrogen and oxygen atoms in total. The summed E-state index contributed by atoms with van der Waals surface area (Å²) in [5.74, 6) is 0. The topological polar surface area (TPSA) is 37.8 Å². The van der Waals surface area contributed by atoms with Crippen LogP contribution in [-0.4, -0.2) is 16.5 Å². The molecular weight excluding hydrogens is 218 g/mol. The fraction of sp³-hybridized carbons (Fsp3) is 0.500. The molecule has 1 fully saturated rings. The van der Waals surface area contributed by atoms with Crippen molar-refractivity contribution in [3.63, 3.8) is 0 Å². The van der Waals surface area contributed by atoms with Crippen molar-refractivity contribution in [2.24, 2.45) is 0 Å². The molecule has 2 aromatic rings. The molecule has 0 spiro atoms. The molecule has 1 atom stereocenters. The van der Waals surface area contributed by atoms with Gasteiger partial charge in [-0.1, -0.05) is 6.92 Å². The van der Waals surface area contributed by atoms with E-state index in [0.717, 1.165) is 18.6 Å². The van der Waals surface area contributed by atoms with E-state index in [4.69, 9.17) is 0 Å². The molecule has 1 N–H and O–H groups in total. The Morgan fingerprint density at radius 1 is 1.56 bits per heavy atom. The zero-order valence-corrected chi connectivity index (χ0v) is 10.2. The van der Waals surface area contributed by atoms with E-state index >= 15 is 0 Å². The van der Waals surface area contributed by atoms with Crippen LogP contribution in [0.15, 0.2) is 12.3 Å². The van der Waals surface area contributed by atoms with Crippen LogP contribution in [0, 0.1) is 0 Å². The van der Waals surface area contributed by atoms with Crippen LogP contribution >= 0.6 is 11.3 Å². The molecule has 1 saturated heterocycles. The van der Waals surface area contributed by atoms with Crippen LogP contribution in [0.2, 0.25) is 0 Å². The van der Waals surface area contributed by atoms with Crippen molar-refractivity contribution < 1.29 is 0 Å². The lowest BCUT2D eigenvalue weighted by atomic mass is 10.2.